The van der Waals surface area contributed by atoms with Crippen molar-refractivity contribution in [3.8, 4) is 0 Å². The molecule has 26 heavy (non-hydrogen) atoms. The Hall–Kier alpha value is -1.87. The largest absolute Gasteiger partial charge is 0.329 e. The maximum absolute atomic E-state index is 13.1. The van der Waals surface area contributed by atoms with Gasteiger partial charge in [0.05, 0.1) is 37.9 Å². The van der Waals surface area contributed by atoms with E-state index in [2.05, 4.69) is 20.9 Å². The Morgan fingerprint density at radius 3 is 2.46 bits per heavy atom. The number of hydrogen-bond acceptors (Lipinski definition) is 5. The summed E-state index contributed by atoms with van der Waals surface area (Å²) in [7, 11) is -3.55. The maximum Gasteiger partial charge on any atom is 0.245 e. The van der Waals surface area contributed by atoms with E-state index >= 15 is 0 Å². The molecular weight excluding hydrogens is 368 g/mol. The number of quaternary nitrogens is 1. The molecule has 0 unspecified atom stereocenters. The van der Waals surface area contributed by atoms with Crippen LogP contribution in [0.5, 0.6) is 0 Å². The summed E-state index contributed by atoms with van der Waals surface area (Å²) in [4.78, 5) is 1.69. The highest BCUT2D eigenvalue weighted by Gasteiger charge is 2.32. The Bertz CT molecular complexity index is 1010. The number of sulfonamides is 1. The number of nitrogens with one attached hydrogen (secondary N) is 1. The Labute approximate surface area is 157 Å². The Balaban J connectivity index is 1.51. The molecule has 136 valence electrons. The molecule has 3 aromatic rings. The van der Waals surface area contributed by atoms with Gasteiger partial charge in [-0.25, -0.2) is 8.42 Å². The van der Waals surface area contributed by atoms with Gasteiger partial charge in [0.25, 0.3) is 0 Å². The fourth-order valence-electron chi connectivity index (χ4n) is 3.42. The first-order chi connectivity index (χ1) is 12.6. The van der Waals surface area contributed by atoms with Crippen LogP contribution in [0, 0.1) is 6.92 Å². The van der Waals surface area contributed by atoms with Gasteiger partial charge in [-0.05, 0) is 18.6 Å². The third-order valence-electron chi connectivity index (χ3n) is 4.92. The van der Waals surface area contributed by atoms with Crippen LogP contribution in [0.25, 0.3) is 11.0 Å². The molecule has 2 aromatic carbocycles. The topological polar surface area (TPSA) is 67.6 Å². The molecule has 0 saturated carbocycles. The third-order valence-corrected chi connectivity index (χ3v) is 7.38. The molecule has 1 aliphatic rings. The molecule has 1 aromatic heterocycles. The number of aryl methyl sites for hydroxylation is 1. The van der Waals surface area contributed by atoms with E-state index in [0.717, 1.165) is 36.9 Å². The molecule has 1 aliphatic heterocycles. The quantitative estimate of drug-likeness (QED) is 0.725. The number of benzene rings is 2. The van der Waals surface area contributed by atoms with Crippen molar-refractivity contribution in [3.05, 3.63) is 53.6 Å². The molecule has 1 N–H and O–H groups in total. The molecule has 0 aliphatic carbocycles. The van der Waals surface area contributed by atoms with E-state index in [1.54, 1.807) is 10.4 Å². The van der Waals surface area contributed by atoms with Crippen LogP contribution in [-0.4, -0.2) is 47.6 Å². The van der Waals surface area contributed by atoms with Crippen LogP contribution < -0.4 is 4.90 Å². The van der Waals surface area contributed by atoms with Crippen molar-refractivity contribution in [2.75, 3.05) is 26.2 Å². The van der Waals surface area contributed by atoms with Gasteiger partial charge < -0.3 is 4.90 Å². The normalized spacial score (nSPS) is 17.0. The van der Waals surface area contributed by atoms with Gasteiger partial charge in [0, 0.05) is 5.56 Å². The molecule has 0 radical (unpaired) electrons. The first-order valence-corrected chi connectivity index (χ1v) is 10.8. The predicted molar refractivity (Wildman–Crippen MR) is 102 cm³/mol. The second kappa shape index (κ2) is 7.03. The summed E-state index contributed by atoms with van der Waals surface area (Å²) >= 11 is 1.06. The molecule has 2 heterocycles. The van der Waals surface area contributed by atoms with Crippen LogP contribution >= 0.6 is 11.7 Å². The summed E-state index contributed by atoms with van der Waals surface area (Å²) in [6, 6.07) is 13.8. The van der Waals surface area contributed by atoms with Crippen LogP contribution in [0.4, 0.5) is 0 Å². The van der Waals surface area contributed by atoms with Crippen molar-refractivity contribution in [3.63, 3.8) is 0 Å². The standard InChI is InChI=1S/C18H20N4O2S2/c1-14-7-8-16(18-17(14)19-25-20-18)26(23,24)22-11-9-21(10-12-22)13-15-5-3-2-4-6-15/h2-8H,9-13H2,1H3/p+1. The van der Waals surface area contributed by atoms with Crippen LogP contribution in [0.1, 0.15) is 11.1 Å². The Morgan fingerprint density at radius 2 is 1.73 bits per heavy atom. The second-order valence-electron chi connectivity index (χ2n) is 6.66. The predicted octanol–water partition coefficient (Wildman–Crippen LogP) is 1.09. The highest BCUT2D eigenvalue weighted by Crippen LogP contribution is 2.26. The van der Waals surface area contributed by atoms with Gasteiger partial charge in [-0.3, -0.25) is 0 Å². The molecule has 1 saturated heterocycles. The van der Waals surface area contributed by atoms with Crippen LogP contribution in [0.15, 0.2) is 47.4 Å². The van der Waals surface area contributed by atoms with Gasteiger partial charge >= 0.3 is 0 Å². The zero-order chi connectivity index (χ0) is 18.1. The molecule has 1 fully saturated rings. The van der Waals surface area contributed by atoms with Crippen molar-refractivity contribution >= 4 is 32.8 Å². The molecule has 0 spiro atoms. The van der Waals surface area contributed by atoms with Gasteiger partial charge in [0.15, 0.2) is 0 Å². The van der Waals surface area contributed by atoms with Gasteiger partial charge in [0.2, 0.25) is 10.0 Å². The fourth-order valence-corrected chi connectivity index (χ4v) is 5.66. The van der Waals surface area contributed by atoms with Crippen molar-refractivity contribution in [2.24, 2.45) is 0 Å². The number of hydrogen-bond donors (Lipinski definition) is 1. The zero-order valence-corrected chi connectivity index (χ0v) is 16.2. The summed E-state index contributed by atoms with van der Waals surface area (Å²) in [5.41, 5.74) is 3.41. The minimum atomic E-state index is -3.55. The molecular formula is C18H21N4O2S2+. The molecule has 8 heteroatoms. The third kappa shape index (κ3) is 3.25. The van der Waals surface area contributed by atoms with Crippen LogP contribution in [-0.2, 0) is 16.6 Å². The summed E-state index contributed by atoms with van der Waals surface area (Å²) in [6.07, 6.45) is 0. The monoisotopic (exact) mass is 389 g/mol. The molecule has 6 nitrogen and oxygen atoms in total. The first-order valence-electron chi connectivity index (χ1n) is 8.65. The Morgan fingerprint density at radius 1 is 1.04 bits per heavy atom. The summed E-state index contributed by atoms with van der Waals surface area (Å²) in [5.74, 6) is 0. The van der Waals surface area contributed by atoms with E-state index in [1.165, 1.54) is 10.5 Å². The summed E-state index contributed by atoms with van der Waals surface area (Å²) in [6.45, 7) is 5.51. The average molecular weight is 390 g/mol. The SMILES string of the molecule is Cc1ccc(S(=O)(=O)N2CC[NH+](Cc3ccccc3)CC2)c2nsnc12. The molecule has 0 bridgehead atoms. The minimum Gasteiger partial charge on any atom is -0.329 e. The van der Waals surface area contributed by atoms with Crippen molar-refractivity contribution in [1.82, 2.24) is 13.1 Å². The van der Waals surface area contributed by atoms with E-state index in [1.807, 2.05) is 31.2 Å². The molecule has 0 amide bonds. The lowest BCUT2D eigenvalue weighted by Gasteiger charge is -2.31. The van der Waals surface area contributed by atoms with E-state index < -0.39 is 10.0 Å². The molecule has 4 rings (SSSR count). The minimum absolute atomic E-state index is 0.276. The van der Waals surface area contributed by atoms with Gasteiger partial charge in [-0.1, -0.05) is 36.4 Å². The van der Waals surface area contributed by atoms with Crippen molar-refractivity contribution in [1.29, 1.82) is 0 Å². The average Bonchev–Trinajstić information content (AvgIpc) is 3.14. The Kier molecular flexibility index (Phi) is 4.74. The van der Waals surface area contributed by atoms with Gasteiger partial charge in [0.1, 0.15) is 22.5 Å². The van der Waals surface area contributed by atoms with E-state index in [9.17, 15) is 8.42 Å². The lowest BCUT2D eigenvalue weighted by molar-refractivity contribution is -0.917. The van der Waals surface area contributed by atoms with E-state index in [4.69, 9.17) is 0 Å². The van der Waals surface area contributed by atoms with E-state index in [-0.39, 0.29) is 4.90 Å². The highest BCUT2D eigenvalue weighted by atomic mass is 32.2. The summed E-state index contributed by atoms with van der Waals surface area (Å²) in [5, 5.41) is 0. The number of aromatic nitrogens is 2. The summed E-state index contributed by atoms with van der Waals surface area (Å²) < 4.78 is 36.3. The lowest BCUT2D eigenvalue weighted by Crippen LogP contribution is -3.13. The van der Waals surface area contributed by atoms with Gasteiger partial charge in [-0.2, -0.15) is 13.1 Å². The second-order valence-corrected chi connectivity index (χ2v) is 9.09. The number of nitrogens with zero attached hydrogens (tertiary/aromatic N) is 3. The number of rotatable bonds is 4. The van der Waals surface area contributed by atoms with Crippen LogP contribution in [0.3, 0.4) is 0 Å². The first kappa shape index (κ1) is 17.5. The van der Waals surface area contributed by atoms with E-state index in [0.29, 0.717) is 24.1 Å². The maximum atomic E-state index is 13.1. The lowest BCUT2D eigenvalue weighted by atomic mass is 10.2. The van der Waals surface area contributed by atoms with Crippen molar-refractivity contribution in [2.45, 2.75) is 18.4 Å². The number of piperazine rings is 1. The highest BCUT2D eigenvalue weighted by molar-refractivity contribution is 7.89. The number of fused-ring (bicyclic) bond motifs is 1. The fraction of sp³-hybridized carbons (Fsp3) is 0.333. The van der Waals surface area contributed by atoms with Gasteiger partial charge in [-0.15, -0.1) is 0 Å². The smallest absolute Gasteiger partial charge is 0.245 e. The van der Waals surface area contributed by atoms with Crippen LogP contribution in [0.2, 0.25) is 0 Å². The zero-order valence-electron chi connectivity index (χ0n) is 14.6. The molecule has 0 atom stereocenters. The van der Waals surface area contributed by atoms with Crippen molar-refractivity contribution < 1.29 is 13.3 Å².